The minimum Gasteiger partial charge on any atom is -0.457 e. The van der Waals surface area contributed by atoms with E-state index in [1.807, 2.05) is 66.7 Å². The third kappa shape index (κ3) is 3.87. The SMILES string of the molecule is O=[N+]([O-])c1ccc(OC(=Cc2ccccc2)c2ccccc2)cc1. The van der Waals surface area contributed by atoms with Crippen molar-refractivity contribution in [3.05, 3.63) is 106 Å². The Balaban J connectivity index is 1.93. The molecule has 3 aromatic carbocycles. The first-order valence-electron chi connectivity index (χ1n) is 7.47. The maximum atomic E-state index is 10.8. The van der Waals surface area contributed by atoms with Crippen LogP contribution in [0.15, 0.2) is 84.9 Å². The molecule has 0 N–H and O–H groups in total. The molecule has 3 rings (SSSR count). The van der Waals surface area contributed by atoms with Crippen LogP contribution in [0.2, 0.25) is 0 Å². The molecule has 0 fully saturated rings. The Morgan fingerprint density at radius 3 is 2.00 bits per heavy atom. The second-order valence-electron chi connectivity index (χ2n) is 5.14. The van der Waals surface area contributed by atoms with Crippen LogP contribution >= 0.6 is 0 Å². The van der Waals surface area contributed by atoms with E-state index in [1.165, 1.54) is 12.1 Å². The van der Waals surface area contributed by atoms with Crippen LogP contribution in [0.25, 0.3) is 11.8 Å². The second-order valence-corrected chi connectivity index (χ2v) is 5.14. The van der Waals surface area contributed by atoms with Crippen LogP contribution in [-0.2, 0) is 0 Å². The van der Waals surface area contributed by atoms with Gasteiger partial charge in [0, 0.05) is 17.7 Å². The summed E-state index contributed by atoms with van der Waals surface area (Å²) < 4.78 is 5.98. The van der Waals surface area contributed by atoms with Crippen molar-refractivity contribution in [2.45, 2.75) is 0 Å². The van der Waals surface area contributed by atoms with Gasteiger partial charge in [-0.2, -0.15) is 0 Å². The zero-order chi connectivity index (χ0) is 16.8. The molecule has 0 saturated carbocycles. The molecule has 0 bridgehead atoms. The summed E-state index contributed by atoms with van der Waals surface area (Å²) in [5, 5.41) is 10.8. The van der Waals surface area contributed by atoms with Gasteiger partial charge in [-0.25, -0.2) is 0 Å². The van der Waals surface area contributed by atoms with Crippen molar-refractivity contribution in [1.82, 2.24) is 0 Å². The fourth-order valence-corrected chi connectivity index (χ4v) is 2.24. The topological polar surface area (TPSA) is 52.4 Å². The predicted molar refractivity (Wildman–Crippen MR) is 94.5 cm³/mol. The molecule has 0 atom stereocenters. The van der Waals surface area contributed by atoms with Crippen molar-refractivity contribution in [1.29, 1.82) is 0 Å². The van der Waals surface area contributed by atoms with E-state index in [0.717, 1.165) is 11.1 Å². The number of non-ortho nitro benzene ring substituents is 1. The molecule has 24 heavy (non-hydrogen) atoms. The normalized spacial score (nSPS) is 11.1. The largest absolute Gasteiger partial charge is 0.457 e. The Morgan fingerprint density at radius 1 is 0.833 bits per heavy atom. The highest BCUT2D eigenvalue weighted by Gasteiger charge is 2.08. The van der Waals surface area contributed by atoms with Gasteiger partial charge >= 0.3 is 0 Å². The van der Waals surface area contributed by atoms with Crippen LogP contribution < -0.4 is 4.74 Å². The highest BCUT2D eigenvalue weighted by Crippen LogP contribution is 2.25. The Morgan fingerprint density at radius 2 is 1.42 bits per heavy atom. The van der Waals surface area contributed by atoms with E-state index in [1.54, 1.807) is 12.1 Å². The summed E-state index contributed by atoms with van der Waals surface area (Å²) >= 11 is 0. The number of ether oxygens (including phenoxy) is 1. The van der Waals surface area contributed by atoms with Gasteiger partial charge in [-0.15, -0.1) is 0 Å². The molecule has 0 aliphatic heterocycles. The number of rotatable bonds is 5. The quantitative estimate of drug-likeness (QED) is 0.282. The first-order chi connectivity index (χ1) is 11.7. The molecular formula is C20H15NO3. The summed E-state index contributed by atoms with van der Waals surface area (Å²) in [6.07, 6.45) is 1.94. The van der Waals surface area contributed by atoms with Gasteiger partial charge in [0.1, 0.15) is 11.5 Å². The van der Waals surface area contributed by atoms with Gasteiger partial charge < -0.3 is 4.74 Å². The zero-order valence-corrected chi connectivity index (χ0v) is 12.8. The summed E-state index contributed by atoms with van der Waals surface area (Å²) in [5.41, 5.74) is 1.98. The van der Waals surface area contributed by atoms with E-state index >= 15 is 0 Å². The number of hydrogen-bond acceptors (Lipinski definition) is 3. The van der Waals surface area contributed by atoms with Gasteiger partial charge in [0.2, 0.25) is 0 Å². The molecule has 4 heteroatoms. The van der Waals surface area contributed by atoms with E-state index in [0.29, 0.717) is 11.5 Å². The van der Waals surface area contributed by atoms with Crippen molar-refractivity contribution in [2.24, 2.45) is 0 Å². The molecule has 0 saturated heterocycles. The molecule has 4 nitrogen and oxygen atoms in total. The van der Waals surface area contributed by atoms with Gasteiger partial charge in [0.25, 0.3) is 5.69 Å². The maximum Gasteiger partial charge on any atom is 0.269 e. The van der Waals surface area contributed by atoms with E-state index in [2.05, 4.69) is 0 Å². The molecule has 0 aliphatic carbocycles. The summed E-state index contributed by atoms with van der Waals surface area (Å²) in [4.78, 5) is 10.3. The monoisotopic (exact) mass is 317 g/mol. The number of nitro benzene ring substituents is 1. The van der Waals surface area contributed by atoms with Crippen molar-refractivity contribution in [3.63, 3.8) is 0 Å². The fourth-order valence-electron chi connectivity index (χ4n) is 2.24. The fraction of sp³-hybridized carbons (Fsp3) is 0. The average molecular weight is 317 g/mol. The van der Waals surface area contributed by atoms with Crippen molar-refractivity contribution in [3.8, 4) is 5.75 Å². The van der Waals surface area contributed by atoms with Crippen LogP contribution in [0.3, 0.4) is 0 Å². The molecule has 0 heterocycles. The van der Waals surface area contributed by atoms with Crippen LogP contribution in [0.4, 0.5) is 5.69 Å². The van der Waals surface area contributed by atoms with Crippen LogP contribution in [-0.4, -0.2) is 4.92 Å². The van der Waals surface area contributed by atoms with Gasteiger partial charge in [-0.05, 0) is 23.8 Å². The summed E-state index contributed by atoms with van der Waals surface area (Å²) in [5.74, 6) is 1.22. The first kappa shape index (κ1) is 15.5. The van der Waals surface area contributed by atoms with Crippen molar-refractivity contribution < 1.29 is 9.66 Å². The number of hydrogen-bond donors (Lipinski definition) is 0. The lowest BCUT2D eigenvalue weighted by atomic mass is 10.1. The van der Waals surface area contributed by atoms with Gasteiger partial charge in [-0.3, -0.25) is 10.1 Å². The van der Waals surface area contributed by atoms with Crippen LogP contribution in [0, 0.1) is 10.1 Å². The van der Waals surface area contributed by atoms with Gasteiger partial charge in [-0.1, -0.05) is 60.7 Å². The molecule has 3 aromatic rings. The Kier molecular flexibility index (Phi) is 4.68. The smallest absolute Gasteiger partial charge is 0.269 e. The number of nitro groups is 1. The number of benzene rings is 3. The molecule has 0 unspecified atom stereocenters. The average Bonchev–Trinajstić information content (AvgIpc) is 2.63. The van der Waals surface area contributed by atoms with E-state index in [-0.39, 0.29) is 5.69 Å². The Hall–Kier alpha value is -3.40. The maximum absolute atomic E-state index is 10.8. The lowest BCUT2D eigenvalue weighted by Crippen LogP contribution is -1.95. The lowest BCUT2D eigenvalue weighted by Gasteiger charge is -2.11. The third-order valence-electron chi connectivity index (χ3n) is 3.43. The van der Waals surface area contributed by atoms with Gasteiger partial charge in [0.05, 0.1) is 4.92 Å². The van der Waals surface area contributed by atoms with Crippen LogP contribution in [0.1, 0.15) is 11.1 Å². The molecule has 0 radical (unpaired) electrons. The minimum absolute atomic E-state index is 0.0376. The first-order valence-corrected chi connectivity index (χ1v) is 7.47. The lowest BCUT2D eigenvalue weighted by molar-refractivity contribution is -0.384. The number of nitrogens with zero attached hydrogens (tertiary/aromatic N) is 1. The van der Waals surface area contributed by atoms with E-state index in [4.69, 9.17) is 4.74 Å². The summed E-state index contributed by atoms with van der Waals surface area (Å²) in [6.45, 7) is 0. The molecule has 0 spiro atoms. The highest BCUT2D eigenvalue weighted by atomic mass is 16.6. The standard InChI is InChI=1S/C20H15NO3/c22-21(23)18-11-13-19(14-12-18)24-20(17-9-5-2-6-10-17)15-16-7-3-1-4-8-16/h1-15H. The van der Waals surface area contributed by atoms with Gasteiger partial charge in [0.15, 0.2) is 0 Å². The molecule has 0 aliphatic rings. The zero-order valence-electron chi connectivity index (χ0n) is 12.8. The van der Waals surface area contributed by atoms with Crippen LogP contribution in [0.5, 0.6) is 5.75 Å². The van der Waals surface area contributed by atoms with Crippen molar-refractivity contribution in [2.75, 3.05) is 0 Å². The van der Waals surface area contributed by atoms with E-state index in [9.17, 15) is 10.1 Å². The Bertz CT molecular complexity index is 841. The molecule has 118 valence electrons. The van der Waals surface area contributed by atoms with Crippen molar-refractivity contribution >= 4 is 17.5 Å². The molecule has 0 amide bonds. The predicted octanol–water partition coefficient (Wildman–Crippen LogP) is 5.17. The third-order valence-corrected chi connectivity index (χ3v) is 3.43. The molecular weight excluding hydrogens is 302 g/mol. The molecule has 0 aromatic heterocycles. The highest BCUT2D eigenvalue weighted by molar-refractivity contribution is 5.78. The minimum atomic E-state index is -0.429. The summed E-state index contributed by atoms with van der Waals surface area (Å²) in [7, 11) is 0. The van der Waals surface area contributed by atoms with E-state index < -0.39 is 4.92 Å². The summed E-state index contributed by atoms with van der Waals surface area (Å²) in [6, 6.07) is 25.6. The Labute approximate surface area is 139 Å². The second kappa shape index (κ2) is 7.24.